The number of hydrogen-bond acceptors (Lipinski definition) is 6. The first-order valence-corrected chi connectivity index (χ1v) is 7.92. The zero-order chi connectivity index (χ0) is 16.7. The van der Waals surface area contributed by atoms with Gasteiger partial charge in [0.05, 0.1) is 25.7 Å². The van der Waals surface area contributed by atoms with Crippen LogP contribution in [0.15, 0.2) is 10.2 Å². The van der Waals surface area contributed by atoms with Crippen molar-refractivity contribution in [1.29, 1.82) is 0 Å². The van der Waals surface area contributed by atoms with E-state index in [1.54, 1.807) is 0 Å². The zero-order valence-electron chi connectivity index (χ0n) is 13.4. The van der Waals surface area contributed by atoms with Gasteiger partial charge in [0.1, 0.15) is 0 Å². The van der Waals surface area contributed by atoms with E-state index in [1.165, 1.54) is 7.11 Å². The van der Waals surface area contributed by atoms with E-state index in [1.807, 2.05) is 0 Å². The van der Waals surface area contributed by atoms with Crippen molar-refractivity contribution < 1.29 is 19.1 Å². The molecule has 0 unspecified atom stereocenters. The van der Waals surface area contributed by atoms with Crippen molar-refractivity contribution in [3.8, 4) is 12.3 Å². The van der Waals surface area contributed by atoms with Crippen LogP contribution >= 0.6 is 0 Å². The van der Waals surface area contributed by atoms with Crippen LogP contribution in [0.4, 0.5) is 0 Å². The molecule has 1 N–H and O–H groups in total. The number of rotatable bonds is 9. The predicted octanol–water partition coefficient (Wildman–Crippen LogP) is 1.43. The van der Waals surface area contributed by atoms with Crippen LogP contribution in [0.3, 0.4) is 0 Å². The molecule has 7 heteroatoms. The molecule has 2 atom stereocenters. The Kier molecular flexibility index (Phi) is 6.11. The van der Waals surface area contributed by atoms with E-state index < -0.39 is 0 Å². The third-order valence-electron chi connectivity index (χ3n) is 4.21. The van der Waals surface area contributed by atoms with Gasteiger partial charge in [-0.1, -0.05) is 0 Å². The van der Waals surface area contributed by atoms with Gasteiger partial charge in [-0.25, -0.2) is 0 Å². The summed E-state index contributed by atoms with van der Waals surface area (Å²) in [5.74, 6) is 2.10. The SMILES string of the molecule is C#CCCC1(CCNC(=O)CC[C@@H]2C[C@H](C(=O)OC)CO2)N=N1. The van der Waals surface area contributed by atoms with Crippen LogP contribution in [0.25, 0.3) is 0 Å². The molecular formula is C16H23N3O4. The van der Waals surface area contributed by atoms with Gasteiger partial charge in [0.25, 0.3) is 0 Å². The van der Waals surface area contributed by atoms with Crippen molar-refractivity contribution >= 4 is 11.9 Å². The fourth-order valence-electron chi connectivity index (χ4n) is 2.69. The highest BCUT2D eigenvalue weighted by Crippen LogP contribution is 2.36. The number of hydrogen-bond donors (Lipinski definition) is 1. The predicted molar refractivity (Wildman–Crippen MR) is 82.4 cm³/mol. The van der Waals surface area contributed by atoms with E-state index in [-0.39, 0.29) is 29.6 Å². The van der Waals surface area contributed by atoms with Crippen molar-refractivity contribution in [3.63, 3.8) is 0 Å². The van der Waals surface area contributed by atoms with Gasteiger partial charge in [0, 0.05) is 32.2 Å². The molecule has 1 amide bonds. The molecule has 126 valence electrons. The fourth-order valence-corrected chi connectivity index (χ4v) is 2.69. The van der Waals surface area contributed by atoms with E-state index in [0.29, 0.717) is 45.3 Å². The molecule has 2 aliphatic heterocycles. The molecule has 23 heavy (non-hydrogen) atoms. The average Bonchev–Trinajstić information content (AvgIpc) is 3.16. The molecule has 0 spiro atoms. The van der Waals surface area contributed by atoms with Crippen molar-refractivity contribution in [3.05, 3.63) is 0 Å². The summed E-state index contributed by atoms with van der Waals surface area (Å²) in [5, 5.41) is 10.9. The van der Waals surface area contributed by atoms with Crippen molar-refractivity contribution in [2.24, 2.45) is 16.1 Å². The first-order valence-electron chi connectivity index (χ1n) is 7.92. The van der Waals surface area contributed by atoms with Crippen LogP contribution in [-0.4, -0.2) is 43.9 Å². The Morgan fingerprint density at radius 2 is 2.22 bits per heavy atom. The minimum absolute atomic E-state index is 0.0251. The van der Waals surface area contributed by atoms with E-state index in [9.17, 15) is 9.59 Å². The molecule has 0 aliphatic carbocycles. The highest BCUT2D eigenvalue weighted by molar-refractivity contribution is 5.76. The van der Waals surface area contributed by atoms with E-state index in [2.05, 4.69) is 21.5 Å². The van der Waals surface area contributed by atoms with Crippen LogP contribution in [0, 0.1) is 18.3 Å². The van der Waals surface area contributed by atoms with Crippen molar-refractivity contribution in [1.82, 2.24) is 5.32 Å². The molecule has 0 aromatic carbocycles. The van der Waals surface area contributed by atoms with Crippen LogP contribution in [0.1, 0.15) is 38.5 Å². The Hall–Kier alpha value is -1.94. The van der Waals surface area contributed by atoms with Crippen molar-refractivity contribution in [2.45, 2.75) is 50.3 Å². The summed E-state index contributed by atoms with van der Waals surface area (Å²) in [7, 11) is 1.37. The smallest absolute Gasteiger partial charge is 0.311 e. The largest absolute Gasteiger partial charge is 0.469 e. The summed E-state index contributed by atoms with van der Waals surface area (Å²) in [6.45, 7) is 0.909. The Bertz CT molecular complexity index is 506. The van der Waals surface area contributed by atoms with Gasteiger partial charge in [-0.2, -0.15) is 10.2 Å². The molecule has 0 aromatic rings. The van der Waals surface area contributed by atoms with Gasteiger partial charge in [0.15, 0.2) is 5.66 Å². The third kappa shape index (κ3) is 5.32. The molecule has 2 aliphatic rings. The first kappa shape index (κ1) is 17.4. The second-order valence-corrected chi connectivity index (χ2v) is 5.94. The monoisotopic (exact) mass is 321 g/mol. The van der Waals surface area contributed by atoms with Gasteiger partial charge in [0.2, 0.25) is 5.91 Å². The maximum absolute atomic E-state index is 11.8. The summed E-state index contributed by atoms with van der Waals surface area (Å²) in [6.07, 6.45) is 8.85. The molecular weight excluding hydrogens is 298 g/mol. The van der Waals surface area contributed by atoms with Crippen molar-refractivity contribution in [2.75, 3.05) is 20.3 Å². The standard InChI is InChI=1S/C16H23N3O4/c1-3-4-7-16(18-19-16)8-9-17-14(20)6-5-13-10-12(11-23-13)15(21)22-2/h1,12-13H,4-11H2,2H3,(H,17,20)/t12-,13+/m0/s1. The minimum atomic E-state index is -0.359. The quantitative estimate of drug-likeness (QED) is 0.514. The van der Waals surface area contributed by atoms with Crippen LogP contribution < -0.4 is 5.32 Å². The number of ether oxygens (including phenoxy) is 2. The first-order chi connectivity index (χ1) is 11.1. The van der Waals surface area contributed by atoms with Gasteiger partial charge < -0.3 is 14.8 Å². The van der Waals surface area contributed by atoms with Gasteiger partial charge in [-0.15, -0.1) is 12.3 Å². The summed E-state index contributed by atoms with van der Waals surface area (Å²) >= 11 is 0. The Morgan fingerprint density at radius 3 is 2.87 bits per heavy atom. The molecule has 1 saturated heterocycles. The highest BCUT2D eigenvalue weighted by atomic mass is 16.5. The number of carbonyl (C=O) groups excluding carboxylic acids is 2. The number of nitrogens with zero attached hydrogens (tertiary/aromatic N) is 2. The number of esters is 1. The lowest BCUT2D eigenvalue weighted by Crippen LogP contribution is -2.28. The Morgan fingerprint density at radius 1 is 1.43 bits per heavy atom. The normalized spacial score (nSPS) is 24.0. The lowest BCUT2D eigenvalue weighted by Gasteiger charge is -2.11. The second kappa shape index (κ2) is 8.06. The third-order valence-corrected chi connectivity index (χ3v) is 4.21. The Balaban J connectivity index is 1.56. The maximum Gasteiger partial charge on any atom is 0.311 e. The van der Waals surface area contributed by atoms with Gasteiger partial charge >= 0.3 is 5.97 Å². The molecule has 7 nitrogen and oxygen atoms in total. The lowest BCUT2D eigenvalue weighted by molar-refractivity contribution is -0.145. The summed E-state index contributed by atoms with van der Waals surface area (Å²) in [5.41, 5.74) is -0.359. The van der Waals surface area contributed by atoms with E-state index in [4.69, 9.17) is 15.9 Å². The second-order valence-electron chi connectivity index (χ2n) is 5.94. The zero-order valence-corrected chi connectivity index (χ0v) is 13.4. The number of amides is 1. The number of nitrogens with one attached hydrogen (secondary N) is 1. The lowest BCUT2D eigenvalue weighted by atomic mass is 10.0. The molecule has 0 saturated carbocycles. The number of methoxy groups -OCH3 is 1. The van der Waals surface area contributed by atoms with Gasteiger partial charge in [-0.05, 0) is 12.8 Å². The maximum atomic E-state index is 11.8. The summed E-state index contributed by atoms with van der Waals surface area (Å²) in [6, 6.07) is 0. The Labute approximate surface area is 136 Å². The highest BCUT2D eigenvalue weighted by Gasteiger charge is 2.38. The summed E-state index contributed by atoms with van der Waals surface area (Å²) < 4.78 is 10.2. The fraction of sp³-hybridized carbons (Fsp3) is 0.750. The average molecular weight is 321 g/mol. The topological polar surface area (TPSA) is 89.4 Å². The summed E-state index contributed by atoms with van der Waals surface area (Å²) in [4.78, 5) is 23.2. The van der Waals surface area contributed by atoms with Crippen LogP contribution in [0.5, 0.6) is 0 Å². The number of carbonyl (C=O) groups is 2. The number of terminal acetylenes is 1. The minimum Gasteiger partial charge on any atom is -0.469 e. The molecule has 2 heterocycles. The molecule has 1 fully saturated rings. The van der Waals surface area contributed by atoms with Gasteiger partial charge in [-0.3, -0.25) is 9.59 Å². The molecule has 2 rings (SSSR count). The van der Waals surface area contributed by atoms with Crippen LogP contribution in [-0.2, 0) is 19.1 Å². The van der Waals surface area contributed by atoms with E-state index >= 15 is 0 Å². The molecule has 0 bridgehead atoms. The van der Waals surface area contributed by atoms with E-state index in [0.717, 1.165) is 6.42 Å². The van der Waals surface area contributed by atoms with Crippen LogP contribution in [0.2, 0.25) is 0 Å². The molecule has 0 radical (unpaired) electrons. The molecule has 0 aromatic heterocycles.